The number of carboxylic acids is 1. The molecule has 4 rings (SSSR count). The summed E-state index contributed by atoms with van der Waals surface area (Å²) in [5, 5.41) is 7.12. The van der Waals surface area contributed by atoms with Crippen molar-refractivity contribution in [1.82, 2.24) is 14.9 Å². The van der Waals surface area contributed by atoms with Crippen LogP contribution in [0.4, 0.5) is 18.9 Å². The smallest absolute Gasteiger partial charge is 0.475 e. The van der Waals surface area contributed by atoms with Gasteiger partial charge in [0.05, 0.1) is 23.5 Å². The third-order valence-corrected chi connectivity index (χ3v) is 6.59. The lowest BCUT2D eigenvalue weighted by molar-refractivity contribution is -0.192. The number of thiophene rings is 1. The average Bonchev–Trinajstić information content (AvgIpc) is 3.28. The second-order valence-corrected chi connectivity index (χ2v) is 9.05. The molecule has 0 unspecified atom stereocenters. The Bertz CT molecular complexity index is 912. The lowest BCUT2D eigenvalue weighted by Gasteiger charge is -2.37. The molecule has 4 heterocycles. The van der Waals surface area contributed by atoms with Crippen LogP contribution in [0, 0.1) is 12.3 Å². The average molecular weight is 456 g/mol. The van der Waals surface area contributed by atoms with Gasteiger partial charge >= 0.3 is 12.1 Å². The van der Waals surface area contributed by atoms with E-state index in [1.54, 1.807) is 12.4 Å². The molecule has 0 atom stereocenters. The number of amides is 1. The van der Waals surface area contributed by atoms with Gasteiger partial charge in [0.25, 0.3) is 0 Å². The van der Waals surface area contributed by atoms with Gasteiger partial charge in [-0.2, -0.15) is 13.2 Å². The lowest BCUT2D eigenvalue weighted by Crippen LogP contribution is -2.44. The van der Waals surface area contributed by atoms with Gasteiger partial charge in [-0.15, -0.1) is 11.3 Å². The van der Waals surface area contributed by atoms with Crippen LogP contribution in [0.5, 0.6) is 0 Å². The van der Waals surface area contributed by atoms with Crippen LogP contribution in [0.3, 0.4) is 0 Å². The van der Waals surface area contributed by atoms with Crippen LogP contribution in [-0.4, -0.2) is 57.7 Å². The molecule has 11 heteroatoms. The molecule has 7 nitrogen and oxygen atoms in total. The standard InChI is InChI=1S/C18H22N4OS.C2HF3O2/c1-14-2-3-16(24-14)12-21-7-4-18(5-8-21)6-9-22(17(18)23)15-10-19-13-20-11-15;3-2(4,5)1(6)7/h2-3,10-11,13H,4-9,12H2,1H3;(H,6,7). The number of nitrogens with zero attached hydrogens (tertiary/aromatic N) is 4. The van der Waals surface area contributed by atoms with Gasteiger partial charge in [-0.1, -0.05) is 0 Å². The third kappa shape index (κ3) is 5.59. The first-order valence-corrected chi connectivity index (χ1v) is 10.6. The summed E-state index contributed by atoms with van der Waals surface area (Å²) in [4.78, 5) is 37.1. The minimum Gasteiger partial charge on any atom is -0.475 e. The molecule has 2 aliphatic heterocycles. The molecule has 2 aromatic rings. The molecule has 2 fully saturated rings. The highest BCUT2D eigenvalue weighted by Crippen LogP contribution is 2.43. The predicted octanol–water partition coefficient (Wildman–Crippen LogP) is 3.50. The van der Waals surface area contributed by atoms with Crippen LogP contribution in [0.25, 0.3) is 0 Å². The van der Waals surface area contributed by atoms with Gasteiger partial charge in [0.15, 0.2) is 0 Å². The largest absolute Gasteiger partial charge is 0.490 e. The van der Waals surface area contributed by atoms with Gasteiger partial charge in [0.1, 0.15) is 6.33 Å². The van der Waals surface area contributed by atoms with Crippen molar-refractivity contribution in [3.63, 3.8) is 0 Å². The molecule has 168 valence electrons. The molecule has 0 aliphatic carbocycles. The molecule has 2 aromatic heterocycles. The number of hydrogen-bond acceptors (Lipinski definition) is 6. The summed E-state index contributed by atoms with van der Waals surface area (Å²) in [7, 11) is 0. The SMILES string of the molecule is Cc1ccc(CN2CCC3(CC2)CCN(c2cncnc2)C3=O)s1.O=C(O)C(F)(F)F. The number of aromatic nitrogens is 2. The second-order valence-electron chi connectivity index (χ2n) is 7.68. The molecule has 0 aromatic carbocycles. The monoisotopic (exact) mass is 456 g/mol. The van der Waals surface area contributed by atoms with Crippen molar-refractivity contribution < 1.29 is 27.9 Å². The Labute approximate surface area is 181 Å². The van der Waals surface area contributed by atoms with E-state index in [2.05, 4.69) is 33.9 Å². The number of hydrogen-bond donors (Lipinski definition) is 1. The van der Waals surface area contributed by atoms with Crippen LogP contribution in [0.2, 0.25) is 0 Å². The summed E-state index contributed by atoms with van der Waals surface area (Å²) >= 11 is 1.87. The van der Waals surface area contributed by atoms with E-state index in [1.807, 2.05) is 16.2 Å². The number of anilines is 1. The molecule has 2 aliphatic rings. The Morgan fingerprint density at radius 2 is 1.74 bits per heavy atom. The molecular weight excluding hydrogens is 433 g/mol. The first kappa shape index (κ1) is 23.1. The van der Waals surface area contributed by atoms with Crippen molar-refractivity contribution in [2.24, 2.45) is 5.41 Å². The maximum Gasteiger partial charge on any atom is 0.490 e. The summed E-state index contributed by atoms with van der Waals surface area (Å²) in [6.45, 7) is 5.96. The Morgan fingerprint density at radius 3 is 2.26 bits per heavy atom. The Balaban J connectivity index is 0.000000339. The van der Waals surface area contributed by atoms with E-state index in [0.717, 1.165) is 51.1 Å². The molecular formula is C20H23F3N4O3S. The molecule has 1 amide bonds. The Hall–Kier alpha value is -2.53. The highest BCUT2D eigenvalue weighted by atomic mass is 32.1. The van der Waals surface area contributed by atoms with E-state index in [0.29, 0.717) is 0 Å². The molecule has 1 spiro atoms. The quantitative estimate of drug-likeness (QED) is 0.761. The molecule has 0 saturated carbocycles. The van der Waals surface area contributed by atoms with Crippen molar-refractivity contribution >= 4 is 28.9 Å². The Kier molecular flexibility index (Phi) is 6.95. The second kappa shape index (κ2) is 9.31. The zero-order chi connectivity index (χ0) is 22.6. The number of rotatable bonds is 3. The molecule has 2 saturated heterocycles. The van der Waals surface area contributed by atoms with Crippen molar-refractivity contribution in [3.8, 4) is 0 Å². The fourth-order valence-electron chi connectivity index (χ4n) is 3.89. The normalized spacial score (nSPS) is 18.7. The number of carbonyl (C=O) groups excluding carboxylic acids is 1. The van der Waals surface area contributed by atoms with E-state index in [1.165, 1.54) is 16.1 Å². The number of halogens is 3. The van der Waals surface area contributed by atoms with Crippen LogP contribution >= 0.6 is 11.3 Å². The maximum atomic E-state index is 13.0. The van der Waals surface area contributed by atoms with Crippen LogP contribution in [-0.2, 0) is 16.1 Å². The highest BCUT2D eigenvalue weighted by molar-refractivity contribution is 7.11. The summed E-state index contributed by atoms with van der Waals surface area (Å²) in [5.74, 6) is -2.49. The molecule has 0 radical (unpaired) electrons. The first-order valence-electron chi connectivity index (χ1n) is 9.75. The fraction of sp³-hybridized carbons (Fsp3) is 0.500. The van der Waals surface area contributed by atoms with E-state index < -0.39 is 12.1 Å². The zero-order valence-electron chi connectivity index (χ0n) is 16.9. The van der Waals surface area contributed by atoms with E-state index in [-0.39, 0.29) is 11.3 Å². The highest BCUT2D eigenvalue weighted by Gasteiger charge is 2.48. The number of aliphatic carboxylic acids is 1. The summed E-state index contributed by atoms with van der Waals surface area (Å²) in [6, 6.07) is 4.41. The minimum absolute atomic E-state index is 0.169. The van der Waals surface area contributed by atoms with Crippen LogP contribution in [0.15, 0.2) is 30.9 Å². The molecule has 0 bridgehead atoms. The fourth-order valence-corrected chi connectivity index (χ4v) is 4.82. The van der Waals surface area contributed by atoms with Gasteiger partial charge < -0.3 is 10.0 Å². The van der Waals surface area contributed by atoms with Crippen LogP contribution < -0.4 is 4.90 Å². The number of aryl methyl sites for hydroxylation is 1. The summed E-state index contributed by atoms with van der Waals surface area (Å²) < 4.78 is 31.7. The number of piperidine rings is 1. The minimum atomic E-state index is -5.08. The van der Waals surface area contributed by atoms with Gasteiger partial charge in [-0.05, 0) is 51.4 Å². The first-order chi connectivity index (χ1) is 14.6. The number of carboxylic acid groups (broad SMARTS) is 1. The summed E-state index contributed by atoms with van der Waals surface area (Å²) in [6.07, 6.45) is 2.76. The predicted molar refractivity (Wildman–Crippen MR) is 109 cm³/mol. The molecule has 31 heavy (non-hydrogen) atoms. The zero-order valence-corrected chi connectivity index (χ0v) is 17.7. The number of alkyl halides is 3. The maximum absolute atomic E-state index is 13.0. The Morgan fingerprint density at radius 1 is 1.16 bits per heavy atom. The van der Waals surface area contributed by atoms with Gasteiger partial charge in [0, 0.05) is 22.8 Å². The summed E-state index contributed by atoms with van der Waals surface area (Å²) in [5.41, 5.74) is 0.661. The van der Waals surface area contributed by atoms with Gasteiger partial charge in [0.2, 0.25) is 5.91 Å². The van der Waals surface area contributed by atoms with Gasteiger partial charge in [-0.25, -0.2) is 14.8 Å². The van der Waals surface area contributed by atoms with Crippen molar-refractivity contribution in [3.05, 3.63) is 40.6 Å². The molecule has 1 N–H and O–H groups in total. The lowest BCUT2D eigenvalue weighted by atomic mass is 9.77. The number of carbonyl (C=O) groups is 2. The topological polar surface area (TPSA) is 86.6 Å². The van der Waals surface area contributed by atoms with Crippen molar-refractivity contribution in [2.75, 3.05) is 24.5 Å². The van der Waals surface area contributed by atoms with E-state index >= 15 is 0 Å². The van der Waals surface area contributed by atoms with Crippen molar-refractivity contribution in [2.45, 2.75) is 38.9 Å². The number of likely N-dealkylation sites (tertiary alicyclic amines) is 1. The van der Waals surface area contributed by atoms with Crippen LogP contribution in [0.1, 0.15) is 29.0 Å². The van der Waals surface area contributed by atoms with Crippen molar-refractivity contribution in [1.29, 1.82) is 0 Å². The van der Waals surface area contributed by atoms with E-state index in [9.17, 15) is 18.0 Å². The van der Waals surface area contributed by atoms with E-state index in [4.69, 9.17) is 9.90 Å². The van der Waals surface area contributed by atoms with Gasteiger partial charge in [-0.3, -0.25) is 9.69 Å². The third-order valence-electron chi connectivity index (χ3n) is 5.60.